The molecule has 206 valence electrons. The van der Waals surface area contributed by atoms with Crippen LogP contribution in [0.4, 0.5) is 0 Å². The maximum Gasteiger partial charge on any atom is 0.224 e. The zero-order chi connectivity index (χ0) is 27.6. The fourth-order valence-corrected chi connectivity index (χ4v) is 4.88. The van der Waals surface area contributed by atoms with Crippen LogP contribution in [-0.4, -0.2) is 35.7 Å². The van der Waals surface area contributed by atoms with E-state index in [0.29, 0.717) is 19.6 Å². The van der Waals surface area contributed by atoms with Crippen molar-refractivity contribution in [2.24, 2.45) is 0 Å². The summed E-state index contributed by atoms with van der Waals surface area (Å²) in [5.74, 6) is 2.82. The molecule has 1 heterocycles. The lowest BCUT2D eigenvalue weighted by Gasteiger charge is -2.12. The molecule has 0 spiro atoms. The third kappa shape index (κ3) is 7.99. The number of unbranched alkanes of at least 4 members (excludes halogenated alkanes) is 2. The minimum absolute atomic E-state index is 0.0492. The van der Waals surface area contributed by atoms with E-state index in [2.05, 4.69) is 28.1 Å². The maximum absolute atomic E-state index is 12.3. The molecule has 39 heavy (non-hydrogen) atoms. The molecule has 0 aliphatic heterocycles. The highest BCUT2D eigenvalue weighted by Gasteiger charge is 2.11. The molecule has 0 saturated carbocycles. The van der Waals surface area contributed by atoms with Crippen LogP contribution < -0.4 is 14.8 Å². The quantitative estimate of drug-likeness (QED) is 0.175. The van der Waals surface area contributed by atoms with Crippen molar-refractivity contribution in [2.45, 2.75) is 58.9 Å². The molecule has 0 radical (unpaired) electrons. The number of nitrogens with one attached hydrogen (secondary N) is 1. The number of halogens is 1. The maximum atomic E-state index is 12.3. The highest BCUT2D eigenvalue weighted by molar-refractivity contribution is 6.32. The molecule has 4 aromatic rings. The number of ether oxygens (including phenoxy) is 2. The van der Waals surface area contributed by atoms with E-state index in [4.69, 9.17) is 26.1 Å². The predicted molar refractivity (Wildman–Crippen MR) is 158 cm³/mol. The molecular weight excluding hydrogens is 510 g/mol. The monoisotopic (exact) mass is 547 g/mol. The van der Waals surface area contributed by atoms with Crippen LogP contribution in [0.25, 0.3) is 11.0 Å². The summed E-state index contributed by atoms with van der Waals surface area (Å²) in [6, 6.07) is 19.9. The van der Waals surface area contributed by atoms with Crippen LogP contribution >= 0.6 is 11.6 Å². The number of para-hydroxylation sites is 2. The Morgan fingerprint density at radius 2 is 1.69 bits per heavy atom. The first-order valence-corrected chi connectivity index (χ1v) is 14.1. The van der Waals surface area contributed by atoms with Crippen LogP contribution in [0.15, 0.2) is 60.7 Å². The van der Waals surface area contributed by atoms with Gasteiger partial charge in [0.05, 0.1) is 31.2 Å². The first-order chi connectivity index (χ1) is 18.9. The number of carbonyl (C=O) groups is 1. The van der Waals surface area contributed by atoms with Gasteiger partial charge in [-0.25, -0.2) is 4.98 Å². The summed E-state index contributed by atoms with van der Waals surface area (Å²) < 4.78 is 13.5. The van der Waals surface area contributed by atoms with Crippen molar-refractivity contribution in [3.05, 3.63) is 88.2 Å². The minimum atomic E-state index is 0.0492. The van der Waals surface area contributed by atoms with Crippen molar-refractivity contribution in [3.63, 3.8) is 0 Å². The third-order valence-electron chi connectivity index (χ3n) is 6.86. The van der Waals surface area contributed by atoms with Crippen LogP contribution in [0, 0.1) is 13.8 Å². The molecule has 0 atom stereocenters. The second kappa shape index (κ2) is 14.0. The fourth-order valence-electron chi connectivity index (χ4n) is 4.77. The largest absolute Gasteiger partial charge is 0.497 e. The molecule has 6 nitrogen and oxygen atoms in total. The number of hydrogen-bond acceptors (Lipinski definition) is 4. The summed E-state index contributed by atoms with van der Waals surface area (Å²) in [6.07, 6.45) is 5.18. The third-order valence-corrected chi connectivity index (χ3v) is 7.46. The van der Waals surface area contributed by atoms with Crippen LogP contribution in [-0.2, 0) is 24.2 Å². The molecule has 0 saturated heterocycles. The van der Waals surface area contributed by atoms with E-state index in [0.717, 1.165) is 88.7 Å². The number of fused-ring (bicyclic) bond motifs is 1. The topological polar surface area (TPSA) is 65.4 Å². The number of rotatable bonds is 14. The van der Waals surface area contributed by atoms with Gasteiger partial charge in [-0.15, -0.1) is 0 Å². The van der Waals surface area contributed by atoms with Crippen molar-refractivity contribution in [2.75, 3.05) is 20.3 Å². The molecule has 7 heteroatoms. The normalized spacial score (nSPS) is 11.1. The second-order valence-electron chi connectivity index (χ2n) is 9.93. The number of aromatic nitrogens is 2. The van der Waals surface area contributed by atoms with Crippen LogP contribution in [0.2, 0.25) is 5.02 Å². The predicted octanol–water partition coefficient (Wildman–Crippen LogP) is 6.86. The van der Waals surface area contributed by atoms with E-state index < -0.39 is 0 Å². The molecule has 4 rings (SSSR count). The van der Waals surface area contributed by atoms with Crippen LogP contribution in [0.5, 0.6) is 11.5 Å². The summed E-state index contributed by atoms with van der Waals surface area (Å²) in [6.45, 7) is 6.17. The Morgan fingerprint density at radius 1 is 0.949 bits per heavy atom. The van der Waals surface area contributed by atoms with Gasteiger partial charge in [-0.3, -0.25) is 4.79 Å². The van der Waals surface area contributed by atoms with Crippen molar-refractivity contribution < 1.29 is 14.3 Å². The minimum Gasteiger partial charge on any atom is -0.497 e. The van der Waals surface area contributed by atoms with Crippen molar-refractivity contribution in [1.82, 2.24) is 14.9 Å². The van der Waals surface area contributed by atoms with E-state index in [-0.39, 0.29) is 5.91 Å². The zero-order valence-corrected chi connectivity index (χ0v) is 23.9. The van der Waals surface area contributed by atoms with E-state index in [9.17, 15) is 4.79 Å². The molecule has 0 bridgehead atoms. The lowest BCUT2D eigenvalue weighted by atomic mass is 10.1. The molecule has 0 aliphatic carbocycles. The first-order valence-electron chi connectivity index (χ1n) is 13.7. The van der Waals surface area contributed by atoms with Crippen LogP contribution in [0.3, 0.4) is 0 Å². The van der Waals surface area contributed by atoms with Crippen LogP contribution in [0.1, 0.15) is 48.2 Å². The second-order valence-corrected chi connectivity index (χ2v) is 10.3. The standard InChI is InChI=1S/C32H38ClN3O3/c1-23-20-27(21-24(2)32(23)33)39-19-9-18-36-29-11-7-6-10-28(29)35-30(36)12-5-4-8-17-34-31(37)22-25-13-15-26(38-3)16-14-25/h6-7,10-11,13-16,20-21H,4-5,8-9,12,17-19,22H2,1-3H3,(H,34,37). The van der Waals surface area contributed by atoms with Gasteiger partial charge < -0.3 is 19.4 Å². The average molecular weight is 548 g/mol. The molecule has 1 amide bonds. The van der Waals surface area contributed by atoms with Gasteiger partial charge in [0.15, 0.2) is 0 Å². The smallest absolute Gasteiger partial charge is 0.224 e. The van der Waals surface area contributed by atoms with Gasteiger partial charge >= 0.3 is 0 Å². The summed E-state index contributed by atoms with van der Waals surface area (Å²) in [5.41, 5.74) is 5.24. The Morgan fingerprint density at radius 3 is 2.44 bits per heavy atom. The van der Waals surface area contributed by atoms with Gasteiger partial charge in [0.1, 0.15) is 17.3 Å². The van der Waals surface area contributed by atoms with Gasteiger partial charge in [0, 0.05) is 24.5 Å². The fraction of sp³-hybridized carbons (Fsp3) is 0.375. The number of imidazole rings is 1. The molecule has 3 aromatic carbocycles. The molecule has 0 aliphatic rings. The highest BCUT2D eigenvalue weighted by atomic mass is 35.5. The van der Waals surface area contributed by atoms with E-state index in [1.54, 1.807) is 7.11 Å². The lowest BCUT2D eigenvalue weighted by Crippen LogP contribution is -2.26. The van der Waals surface area contributed by atoms with E-state index >= 15 is 0 Å². The summed E-state index contributed by atoms with van der Waals surface area (Å²) in [4.78, 5) is 17.2. The van der Waals surface area contributed by atoms with Gasteiger partial charge in [0.25, 0.3) is 0 Å². The van der Waals surface area contributed by atoms with Gasteiger partial charge in [-0.1, -0.05) is 42.3 Å². The molecule has 1 aromatic heterocycles. The number of nitrogens with zero attached hydrogens (tertiary/aromatic N) is 2. The number of carbonyl (C=O) groups excluding carboxylic acids is 1. The molecular formula is C32H38ClN3O3. The number of hydrogen-bond donors (Lipinski definition) is 1. The number of aryl methyl sites for hydroxylation is 4. The molecule has 0 unspecified atom stereocenters. The van der Waals surface area contributed by atoms with E-state index in [1.165, 1.54) is 0 Å². The summed E-state index contributed by atoms with van der Waals surface area (Å²) in [5, 5.41) is 3.84. The zero-order valence-electron chi connectivity index (χ0n) is 23.1. The van der Waals surface area contributed by atoms with Gasteiger partial charge in [0.2, 0.25) is 5.91 Å². The first kappa shape index (κ1) is 28.5. The Bertz CT molecular complexity index is 1360. The van der Waals surface area contributed by atoms with Gasteiger partial charge in [-0.05, 0) is 86.2 Å². The van der Waals surface area contributed by atoms with Crippen molar-refractivity contribution in [3.8, 4) is 11.5 Å². The van der Waals surface area contributed by atoms with Gasteiger partial charge in [-0.2, -0.15) is 0 Å². The molecule has 1 N–H and O–H groups in total. The number of methoxy groups -OCH3 is 1. The Kier molecular flexibility index (Phi) is 10.3. The SMILES string of the molecule is COc1ccc(CC(=O)NCCCCCc2nc3ccccc3n2CCCOc2cc(C)c(Cl)c(C)c2)cc1. The highest BCUT2D eigenvalue weighted by Crippen LogP contribution is 2.26. The lowest BCUT2D eigenvalue weighted by molar-refractivity contribution is -0.120. The number of benzene rings is 3. The molecule has 0 fully saturated rings. The Labute approximate surface area is 236 Å². The Balaban J connectivity index is 1.22. The van der Waals surface area contributed by atoms with Crippen molar-refractivity contribution >= 4 is 28.5 Å². The summed E-state index contributed by atoms with van der Waals surface area (Å²) in [7, 11) is 1.64. The Hall–Kier alpha value is -3.51. The van der Waals surface area contributed by atoms with E-state index in [1.807, 2.05) is 56.3 Å². The summed E-state index contributed by atoms with van der Waals surface area (Å²) >= 11 is 6.29. The van der Waals surface area contributed by atoms with Crippen molar-refractivity contribution in [1.29, 1.82) is 0 Å². The average Bonchev–Trinajstić information content (AvgIpc) is 3.29. The number of amides is 1.